The van der Waals surface area contributed by atoms with Crippen molar-refractivity contribution in [1.82, 2.24) is 20.1 Å². The SMILES string of the molecule is C.[2H]c1ccc2c(c1)c(CC(NC(=O)[C@@H](CC(=O)N1[C@H](C)CCC[C@@H]1C)CC(C)(C)C)C(=O)N[C@@H]([C-]=O)CCCC)cn2C(=O)OC.[Na+].[OH-]. The van der Waals surface area contributed by atoms with Gasteiger partial charge < -0.3 is 30.5 Å². The number of ether oxygens (including phenoxy) is 1. The molecule has 0 bridgehead atoms. The smallest absolute Gasteiger partial charge is 0.870 e. The van der Waals surface area contributed by atoms with Crippen LogP contribution in [0.3, 0.4) is 0 Å². The molecule has 0 radical (unpaired) electrons. The maximum absolute atomic E-state index is 14.1. The van der Waals surface area contributed by atoms with Crippen LogP contribution in [-0.2, 0) is 30.3 Å². The van der Waals surface area contributed by atoms with Crippen LogP contribution in [0.2, 0.25) is 0 Å². The Balaban J connectivity index is 0.00000768. The molecule has 0 spiro atoms. The molecule has 5 atom stereocenters. The number of nitrogens with zero attached hydrogens (tertiary/aromatic N) is 2. The Morgan fingerprint density at radius 3 is 2.31 bits per heavy atom. The fourth-order valence-electron chi connectivity index (χ4n) is 6.38. The number of amides is 3. The van der Waals surface area contributed by atoms with E-state index < -0.39 is 35.9 Å². The molecule has 3 rings (SSSR count). The molecule has 1 aromatic heterocycles. The first-order chi connectivity index (χ1) is 21.7. The van der Waals surface area contributed by atoms with Crippen molar-refractivity contribution in [3.63, 3.8) is 0 Å². The van der Waals surface area contributed by atoms with E-state index in [0.29, 0.717) is 35.7 Å². The van der Waals surface area contributed by atoms with E-state index in [2.05, 4.69) is 10.6 Å². The zero-order valence-corrected chi connectivity index (χ0v) is 31.4. The fourth-order valence-corrected chi connectivity index (χ4v) is 6.38. The van der Waals surface area contributed by atoms with Gasteiger partial charge in [0.1, 0.15) is 6.04 Å². The third kappa shape index (κ3) is 12.3. The first kappa shape index (κ1) is 43.3. The summed E-state index contributed by atoms with van der Waals surface area (Å²) in [5.41, 5.74) is 0.746. The van der Waals surface area contributed by atoms with E-state index in [-0.39, 0.29) is 84.8 Å². The van der Waals surface area contributed by atoms with Gasteiger partial charge in [0.2, 0.25) is 17.7 Å². The van der Waals surface area contributed by atoms with Gasteiger partial charge in [-0.15, -0.1) is 0 Å². The Hall–Kier alpha value is -2.73. The van der Waals surface area contributed by atoms with E-state index in [0.717, 1.165) is 25.7 Å². The van der Waals surface area contributed by atoms with Gasteiger partial charge in [-0.3, -0.25) is 19.0 Å². The van der Waals surface area contributed by atoms with Crippen LogP contribution in [0.5, 0.6) is 0 Å². The van der Waals surface area contributed by atoms with Crippen LogP contribution in [0.1, 0.15) is 107 Å². The molecule has 0 saturated carbocycles. The largest absolute Gasteiger partial charge is 1.00 e. The maximum Gasteiger partial charge on any atom is 1.00 e. The standard InChI is InChI=1S/C35H51N4O6.CH4.Na.H2O/c1-8-9-15-27(22-40)36-33(43)29(18-26-21-38(34(44)45-7)30-17-11-10-16-28(26)30)37-32(42)25(20-35(4,5)6)19-31(41)39-23(2)13-12-14-24(39)3;;;/h10-11,16-17,21,23-25,27,29H,8-9,12-15,18-20H2,1-7H3,(H,36,43)(H,37,42);1H4;;1H2/q-1;;+1;/p-1/t23-,24+,25-,27+,29?;;;/m0.../s1/i10D;;;. The summed E-state index contributed by atoms with van der Waals surface area (Å²) in [4.78, 5) is 67.7. The van der Waals surface area contributed by atoms with Crippen molar-refractivity contribution in [2.24, 2.45) is 11.3 Å². The maximum atomic E-state index is 14.1. The molecule has 3 N–H and O–H groups in total. The van der Waals surface area contributed by atoms with Gasteiger partial charge >= 0.3 is 35.7 Å². The van der Waals surface area contributed by atoms with Crippen molar-refractivity contribution in [3.05, 3.63) is 36.0 Å². The number of methoxy groups -OCH3 is 1. The summed E-state index contributed by atoms with van der Waals surface area (Å²) < 4.78 is 14.4. The Morgan fingerprint density at radius 2 is 1.75 bits per heavy atom. The van der Waals surface area contributed by atoms with Crippen molar-refractivity contribution >= 4 is 41.0 Å². The molecule has 1 fully saturated rings. The van der Waals surface area contributed by atoms with Crippen molar-refractivity contribution in [2.75, 3.05) is 7.11 Å². The molecule has 48 heavy (non-hydrogen) atoms. The number of para-hydroxylation sites is 1. The topological polar surface area (TPSA) is 157 Å². The van der Waals surface area contributed by atoms with E-state index in [4.69, 9.17) is 6.11 Å². The number of unbranched alkanes of at least 4 members (excludes halogenated alkanes) is 1. The summed E-state index contributed by atoms with van der Waals surface area (Å²) in [6.45, 7) is 12.1. The first-order valence-corrected chi connectivity index (χ1v) is 16.2. The number of carbonyl (C=O) groups excluding carboxylic acids is 5. The van der Waals surface area contributed by atoms with Gasteiger partial charge in [-0.05, 0) is 56.6 Å². The van der Waals surface area contributed by atoms with Crippen molar-refractivity contribution < 1.29 is 65.1 Å². The molecule has 3 amide bonds. The van der Waals surface area contributed by atoms with Gasteiger partial charge in [0.05, 0.1) is 14.0 Å². The quantitative estimate of drug-likeness (QED) is 0.243. The second-order valence-corrected chi connectivity index (χ2v) is 13.6. The summed E-state index contributed by atoms with van der Waals surface area (Å²) in [7, 11) is 1.26. The molecule has 12 heteroatoms. The molecule has 1 aliphatic heterocycles. The van der Waals surface area contributed by atoms with Crippen LogP contribution in [0.25, 0.3) is 10.9 Å². The zero-order valence-electron chi connectivity index (χ0n) is 30.4. The Kier molecular flexibility index (Phi) is 18.7. The van der Waals surface area contributed by atoms with Crippen molar-refractivity contribution in [3.8, 4) is 0 Å². The minimum atomic E-state index is -1.14. The monoisotopic (exact) mass is 680 g/mol. The van der Waals surface area contributed by atoms with Crippen LogP contribution in [0, 0.1) is 11.3 Å². The Bertz CT molecular complexity index is 1400. The third-order valence-corrected chi connectivity index (χ3v) is 8.60. The normalized spacial score (nSPS) is 18.1. The van der Waals surface area contributed by atoms with Crippen LogP contribution < -0.4 is 40.2 Å². The number of nitrogens with one attached hydrogen (secondary N) is 2. The number of rotatable bonds is 13. The number of carbonyl (C=O) groups is 4. The van der Waals surface area contributed by atoms with Gasteiger partial charge in [-0.1, -0.05) is 78.6 Å². The van der Waals surface area contributed by atoms with Crippen LogP contribution >= 0.6 is 0 Å². The van der Waals surface area contributed by atoms with Crippen LogP contribution in [0.15, 0.2) is 30.4 Å². The second kappa shape index (κ2) is 20.7. The molecule has 1 aliphatic rings. The van der Waals surface area contributed by atoms with Gasteiger partial charge in [-0.2, -0.15) is 0 Å². The number of aromatic nitrogens is 1. The molecular formula is C36H56N4NaO7-. The van der Waals surface area contributed by atoms with Gasteiger partial charge in [-0.25, -0.2) is 11.1 Å². The average molecular weight is 681 g/mol. The van der Waals surface area contributed by atoms with E-state index in [1.807, 2.05) is 52.7 Å². The first-order valence-electron chi connectivity index (χ1n) is 16.7. The summed E-state index contributed by atoms with van der Waals surface area (Å²) in [6.07, 6.45) is 8.02. The van der Waals surface area contributed by atoms with Crippen molar-refractivity contribution in [1.29, 1.82) is 0 Å². The predicted molar refractivity (Wildman–Crippen MR) is 183 cm³/mol. The van der Waals surface area contributed by atoms with E-state index in [1.165, 1.54) is 17.9 Å². The number of hydrogen-bond acceptors (Lipinski definition) is 7. The van der Waals surface area contributed by atoms with E-state index in [9.17, 15) is 24.0 Å². The third-order valence-electron chi connectivity index (χ3n) is 8.60. The summed E-state index contributed by atoms with van der Waals surface area (Å²) >= 11 is 0. The van der Waals surface area contributed by atoms with E-state index >= 15 is 0 Å². The molecule has 1 saturated heterocycles. The number of fused-ring (bicyclic) bond motifs is 1. The molecule has 1 aromatic carbocycles. The average Bonchev–Trinajstić information content (AvgIpc) is 3.34. The Labute approximate surface area is 310 Å². The molecular weight excluding hydrogens is 623 g/mol. The molecule has 264 valence electrons. The molecule has 2 heterocycles. The van der Waals surface area contributed by atoms with Gasteiger partial charge in [0.25, 0.3) is 0 Å². The number of piperidine rings is 1. The molecule has 1 unspecified atom stereocenters. The van der Waals surface area contributed by atoms with Crippen LogP contribution in [-0.4, -0.2) is 76.3 Å². The summed E-state index contributed by atoms with van der Waals surface area (Å²) in [5, 5.41) is 6.20. The fraction of sp³-hybridized carbons (Fsp3) is 0.639. The summed E-state index contributed by atoms with van der Waals surface area (Å²) in [6, 6.07) is 3.16. The summed E-state index contributed by atoms with van der Waals surface area (Å²) in [5.74, 6) is -1.78. The minimum absolute atomic E-state index is 0. The minimum Gasteiger partial charge on any atom is -0.870 e. The zero-order chi connectivity index (χ0) is 34.2. The predicted octanol–water partition coefficient (Wildman–Crippen LogP) is 2.76. The number of likely N-dealkylation sites (tertiary alicyclic amines) is 1. The van der Waals surface area contributed by atoms with Crippen molar-refractivity contribution in [2.45, 2.75) is 131 Å². The number of hydrogen-bond donors (Lipinski definition) is 2. The number of benzene rings is 1. The second-order valence-electron chi connectivity index (χ2n) is 13.6. The van der Waals surface area contributed by atoms with Gasteiger partial charge in [0.15, 0.2) is 0 Å². The molecule has 2 aromatic rings. The van der Waals surface area contributed by atoms with Gasteiger partial charge in [0, 0.05) is 42.4 Å². The molecule has 11 nitrogen and oxygen atoms in total. The Morgan fingerprint density at radius 1 is 1.10 bits per heavy atom. The van der Waals surface area contributed by atoms with E-state index in [1.54, 1.807) is 18.2 Å². The molecule has 0 aliphatic carbocycles. The van der Waals surface area contributed by atoms with Crippen LogP contribution in [0.4, 0.5) is 4.79 Å².